The average Bonchev–Trinajstić information content (AvgIpc) is 3.48. The first-order valence-electron chi connectivity index (χ1n) is 12.3. The lowest BCUT2D eigenvalue weighted by Gasteiger charge is -2.22. The largest absolute Gasteiger partial charge is 0.493 e. The number of allylic oxidation sites excluding steroid dienone is 3. The normalized spacial score (nSPS) is 15.4. The fraction of sp³-hybridized carbons (Fsp3) is 0.517. The first kappa shape index (κ1) is 24.8. The van der Waals surface area contributed by atoms with E-state index in [4.69, 9.17) is 4.74 Å². The Morgan fingerprint density at radius 3 is 2.69 bits per heavy atom. The number of ether oxygens (including phenoxy) is 1. The van der Waals surface area contributed by atoms with Crippen molar-refractivity contribution in [2.75, 3.05) is 13.3 Å². The molecular weight excluding hydrogens is 415 g/mol. The van der Waals surface area contributed by atoms with Crippen LogP contribution in [0.2, 0.25) is 0 Å². The van der Waals surface area contributed by atoms with Crippen LogP contribution in [0.4, 0.5) is 4.39 Å². The van der Waals surface area contributed by atoms with Crippen LogP contribution in [-0.2, 0) is 6.42 Å². The molecule has 1 saturated carbocycles. The molecule has 0 unspecified atom stereocenters. The maximum atomic E-state index is 12.9. The van der Waals surface area contributed by atoms with Crippen molar-refractivity contribution in [3.63, 3.8) is 0 Å². The molecule has 0 amide bonds. The minimum atomic E-state index is -0.338. The zero-order valence-electron chi connectivity index (χ0n) is 20.3. The summed E-state index contributed by atoms with van der Waals surface area (Å²) in [5.74, 6) is 2.22. The summed E-state index contributed by atoms with van der Waals surface area (Å²) >= 11 is 1.77. The molecule has 0 N–H and O–H groups in total. The molecule has 32 heavy (non-hydrogen) atoms. The third-order valence-corrected chi connectivity index (χ3v) is 7.33. The minimum absolute atomic E-state index is 0.338. The number of hydrogen-bond acceptors (Lipinski definition) is 2. The van der Waals surface area contributed by atoms with Crippen molar-refractivity contribution < 1.29 is 9.13 Å². The summed E-state index contributed by atoms with van der Waals surface area (Å²) in [6.07, 6.45) is 14.3. The van der Waals surface area contributed by atoms with E-state index in [1.807, 2.05) is 0 Å². The number of alkyl halides is 1. The van der Waals surface area contributed by atoms with Gasteiger partial charge in [0.15, 0.2) is 0 Å². The standard InChI is InChI=1S/C29H39FOS/c1-5-22(4)12-14-28-25(15-18-32-28)27-20-23(13-11-21(2)3)19-26(24-9-6-7-10-24)29(27)31-17-8-16-30/h5,12,14-15,18-21,24H,6-11,13,16-17H2,1-4H3/b14-12+,22-5+. The van der Waals surface area contributed by atoms with Crippen LogP contribution in [0, 0.1) is 5.92 Å². The van der Waals surface area contributed by atoms with E-state index in [0.29, 0.717) is 24.9 Å². The van der Waals surface area contributed by atoms with Gasteiger partial charge in [-0.25, -0.2) is 0 Å². The first-order chi connectivity index (χ1) is 15.5. The molecule has 0 spiro atoms. The molecule has 3 heteroatoms. The molecule has 0 bridgehead atoms. The Morgan fingerprint density at radius 2 is 2.00 bits per heavy atom. The van der Waals surface area contributed by atoms with Gasteiger partial charge in [0.25, 0.3) is 0 Å². The second-order valence-corrected chi connectivity index (χ2v) is 10.4. The molecular formula is C29H39FOS. The fourth-order valence-corrected chi connectivity index (χ4v) is 5.22. The summed E-state index contributed by atoms with van der Waals surface area (Å²) in [6, 6.07) is 6.96. The van der Waals surface area contributed by atoms with E-state index in [2.05, 4.69) is 69.5 Å². The summed E-state index contributed by atoms with van der Waals surface area (Å²) in [7, 11) is 0. The van der Waals surface area contributed by atoms with Gasteiger partial charge in [0.05, 0.1) is 13.3 Å². The lowest BCUT2D eigenvalue weighted by atomic mass is 9.88. The highest BCUT2D eigenvalue weighted by Gasteiger charge is 2.25. The Balaban J connectivity index is 2.11. The van der Waals surface area contributed by atoms with E-state index < -0.39 is 0 Å². The molecule has 1 aromatic carbocycles. The molecule has 0 saturated heterocycles. The summed E-state index contributed by atoms with van der Waals surface area (Å²) in [5, 5.41) is 2.17. The molecule has 174 valence electrons. The highest BCUT2D eigenvalue weighted by Crippen LogP contribution is 2.46. The van der Waals surface area contributed by atoms with Crippen molar-refractivity contribution in [3.8, 4) is 16.9 Å². The van der Waals surface area contributed by atoms with Crippen LogP contribution in [0.5, 0.6) is 5.75 Å². The number of benzene rings is 1. The first-order valence-corrected chi connectivity index (χ1v) is 13.2. The van der Waals surface area contributed by atoms with Gasteiger partial charge in [-0.3, -0.25) is 4.39 Å². The predicted molar refractivity (Wildman–Crippen MR) is 139 cm³/mol. The molecule has 0 atom stereocenters. The zero-order valence-corrected chi connectivity index (χ0v) is 21.1. The summed E-state index contributed by atoms with van der Waals surface area (Å²) in [5.41, 5.74) is 6.42. The van der Waals surface area contributed by atoms with Crippen LogP contribution in [0.1, 0.15) is 88.1 Å². The van der Waals surface area contributed by atoms with Gasteiger partial charge in [0, 0.05) is 22.4 Å². The Hall–Kier alpha value is -1.87. The third-order valence-electron chi connectivity index (χ3n) is 6.45. The fourth-order valence-electron chi connectivity index (χ4n) is 4.42. The summed E-state index contributed by atoms with van der Waals surface area (Å²) in [4.78, 5) is 1.25. The number of aryl methyl sites for hydroxylation is 1. The Bertz CT molecular complexity index is 915. The molecule has 0 aliphatic heterocycles. The highest BCUT2D eigenvalue weighted by molar-refractivity contribution is 7.11. The molecule has 1 heterocycles. The van der Waals surface area contributed by atoms with Crippen LogP contribution in [0.3, 0.4) is 0 Å². The molecule has 1 nitrogen and oxygen atoms in total. The lowest BCUT2D eigenvalue weighted by molar-refractivity contribution is 0.286. The predicted octanol–water partition coefficient (Wildman–Crippen LogP) is 9.38. The van der Waals surface area contributed by atoms with E-state index in [0.717, 1.165) is 12.2 Å². The van der Waals surface area contributed by atoms with Crippen molar-refractivity contribution in [2.24, 2.45) is 5.92 Å². The van der Waals surface area contributed by atoms with Crippen molar-refractivity contribution in [3.05, 3.63) is 57.3 Å². The van der Waals surface area contributed by atoms with Crippen molar-refractivity contribution >= 4 is 17.4 Å². The van der Waals surface area contributed by atoms with Gasteiger partial charge in [-0.05, 0) is 86.1 Å². The molecule has 1 fully saturated rings. The van der Waals surface area contributed by atoms with Crippen LogP contribution in [0.15, 0.2) is 41.3 Å². The number of rotatable bonds is 11. The van der Waals surface area contributed by atoms with Gasteiger partial charge >= 0.3 is 0 Å². The Kier molecular flexibility index (Phi) is 9.59. The summed E-state index contributed by atoms with van der Waals surface area (Å²) in [6.45, 7) is 8.87. The molecule has 1 aliphatic rings. The summed E-state index contributed by atoms with van der Waals surface area (Å²) < 4.78 is 19.2. The third kappa shape index (κ3) is 6.57. The topological polar surface area (TPSA) is 9.23 Å². The molecule has 0 radical (unpaired) electrons. The van der Waals surface area contributed by atoms with E-state index in [-0.39, 0.29) is 6.67 Å². The van der Waals surface area contributed by atoms with E-state index in [1.165, 1.54) is 64.8 Å². The van der Waals surface area contributed by atoms with E-state index >= 15 is 0 Å². The van der Waals surface area contributed by atoms with Crippen LogP contribution in [0.25, 0.3) is 17.2 Å². The molecule has 1 aliphatic carbocycles. The Morgan fingerprint density at radius 1 is 1.22 bits per heavy atom. The molecule has 2 aromatic rings. The number of hydrogen-bond donors (Lipinski definition) is 0. The molecule has 3 rings (SSSR count). The van der Waals surface area contributed by atoms with E-state index in [1.54, 1.807) is 11.3 Å². The van der Waals surface area contributed by atoms with Gasteiger partial charge in [-0.15, -0.1) is 11.3 Å². The van der Waals surface area contributed by atoms with Crippen LogP contribution < -0.4 is 4.74 Å². The van der Waals surface area contributed by atoms with Crippen molar-refractivity contribution in [1.29, 1.82) is 0 Å². The average molecular weight is 455 g/mol. The number of halogens is 1. The zero-order chi connectivity index (χ0) is 22.9. The van der Waals surface area contributed by atoms with Crippen LogP contribution >= 0.6 is 11.3 Å². The van der Waals surface area contributed by atoms with Gasteiger partial charge in [0.1, 0.15) is 5.75 Å². The highest BCUT2D eigenvalue weighted by atomic mass is 32.1. The monoisotopic (exact) mass is 454 g/mol. The SMILES string of the molecule is C/C=C(C)/C=C/c1sccc1-c1cc(CCC(C)C)cc(C2CCCC2)c1OCCCF. The quantitative estimate of drug-likeness (QED) is 0.243. The minimum Gasteiger partial charge on any atom is -0.493 e. The van der Waals surface area contributed by atoms with E-state index in [9.17, 15) is 4.39 Å². The van der Waals surface area contributed by atoms with Crippen LogP contribution in [-0.4, -0.2) is 13.3 Å². The maximum absolute atomic E-state index is 12.9. The Labute approximate surface area is 198 Å². The maximum Gasteiger partial charge on any atom is 0.130 e. The second kappa shape index (κ2) is 12.4. The van der Waals surface area contributed by atoms with Gasteiger partial charge in [0.2, 0.25) is 0 Å². The van der Waals surface area contributed by atoms with Crippen molar-refractivity contribution in [1.82, 2.24) is 0 Å². The van der Waals surface area contributed by atoms with Gasteiger partial charge in [-0.2, -0.15) is 0 Å². The van der Waals surface area contributed by atoms with Gasteiger partial charge < -0.3 is 4.74 Å². The second-order valence-electron chi connectivity index (χ2n) is 9.43. The molecule has 1 aromatic heterocycles. The van der Waals surface area contributed by atoms with Gasteiger partial charge in [-0.1, -0.05) is 50.5 Å². The lowest BCUT2D eigenvalue weighted by Crippen LogP contribution is -2.07. The van der Waals surface area contributed by atoms with Crippen molar-refractivity contribution in [2.45, 2.75) is 78.6 Å². The number of thiophene rings is 1. The smallest absolute Gasteiger partial charge is 0.130 e.